The van der Waals surface area contributed by atoms with E-state index in [2.05, 4.69) is 37.6 Å². The number of aliphatic hydroxyl groups is 1. The van der Waals surface area contributed by atoms with Crippen LogP contribution in [0.15, 0.2) is 61.2 Å². The zero-order valence-corrected chi connectivity index (χ0v) is 23.4. The number of nitrogens with zero attached hydrogens (tertiary/aromatic N) is 1. The van der Waals surface area contributed by atoms with E-state index in [1.165, 1.54) is 25.3 Å². The van der Waals surface area contributed by atoms with Gasteiger partial charge in [0.1, 0.15) is 6.61 Å². The largest absolute Gasteiger partial charge is 0.445 e. The quantitative estimate of drug-likeness (QED) is 0.384. The lowest BCUT2D eigenvalue weighted by Crippen LogP contribution is -2.42. The van der Waals surface area contributed by atoms with E-state index in [1.807, 2.05) is 48.5 Å². The lowest BCUT2D eigenvalue weighted by atomic mass is 9.65. The number of fused-ring (bicyclic) bond motifs is 2. The van der Waals surface area contributed by atoms with Crippen LogP contribution in [0.5, 0.6) is 0 Å². The van der Waals surface area contributed by atoms with Crippen molar-refractivity contribution >= 4 is 11.8 Å². The highest BCUT2D eigenvalue weighted by Crippen LogP contribution is 2.53. The number of amides is 1. The molecule has 1 saturated carbocycles. The molecule has 1 amide bonds. The molecule has 2 saturated heterocycles. The van der Waals surface area contributed by atoms with E-state index in [-0.39, 0.29) is 25.4 Å². The second-order valence-electron chi connectivity index (χ2n) is 12.6. The van der Waals surface area contributed by atoms with Crippen LogP contribution in [0.3, 0.4) is 0 Å². The maximum absolute atomic E-state index is 12.1. The van der Waals surface area contributed by atoms with Gasteiger partial charge in [-0.15, -0.1) is 0 Å². The van der Waals surface area contributed by atoms with E-state index < -0.39 is 12.4 Å². The number of likely N-dealkylation sites (tertiary alicyclic amines) is 1. The van der Waals surface area contributed by atoms with Crippen molar-refractivity contribution in [3.8, 4) is 0 Å². The summed E-state index contributed by atoms with van der Waals surface area (Å²) in [6.45, 7) is 13.0. The molecule has 210 valence electrons. The number of nitrogens with one attached hydrogen (secondary N) is 1. The molecule has 5 rings (SSSR count). The predicted octanol–water partition coefficient (Wildman–Crippen LogP) is 6.36. The third kappa shape index (κ3) is 6.72. The Morgan fingerprint density at radius 1 is 1.15 bits per heavy atom. The van der Waals surface area contributed by atoms with Gasteiger partial charge in [-0.1, -0.05) is 69.8 Å². The van der Waals surface area contributed by atoms with Crippen LogP contribution in [0.1, 0.15) is 75.5 Å². The van der Waals surface area contributed by atoms with Gasteiger partial charge in [-0.2, -0.15) is 0 Å². The second kappa shape index (κ2) is 11.4. The number of carbonyl (C=O) groups is 1. The van der Waals surface area contributed by atoms with Crippen LogP contribution < -0.4 is 5.32 Å². The Balaban J connectivity index is 1.36. The molecule has 2 bridgehead atoms. The topological polar surface area (TPSA) is 80.3 Å². The molecule has 2 aromatic rings. The normalized spacial score (nSPS) is 30.1. The molecule has 0 radical (unpaired) electrons. The minimum Gasteiger partial charge on any atom is -0.445 e. The van der Waals surface area contributed by atoms with E-state index >= 15 is 0 Å². The van der Waals surface area contributed by atoms with E-state index in [4.69, 9.17) is 14.2 Å². The van der Waals surface area contributed by atoms with Crippen LogP contribution in [0.2, 0.25) is 0 Å². The summed E-state index contributed by atoms with van der Waals surface area (Å²) in [6, 6.07) is 16.1. The van der Waals surface area contributed by atoms with Gasteiger partial charge in [0.25, 0.3) is 0 Å². The first-order chi connectivity index (χ1) is 18.6. The van der Waals surface area contributed by atoms with Gasteiger partial charge in [-0.05, 0) is 53.4 Å². The van der Waals surface area contributed by atoms with Crippen LogP contribution in [-0.4, -0.2) is 47.9 Å². The first-order valence-electron chi connectivity index (χ1n) is 14.0. The van der Waals surface area contributed by atoms with Crippen molar-refractivity contribution in [3.63, 3.8) is 0 Å². The summed E-state index contributed by atoms with van der Waals surface area (Å²) in [5.74, 6) is 0. The van der Waals surface area contributed by atoms with E-state index in [9.17, 15) is 9.90 Å². The number of benzene rings is 2. The summed E-state index contributed by atoms with van der Waals surface area (Å²) in [4.78, 5) is 14.7. The van der Waals surface area contributed by atoms with Crippen molar-refractivity contribution in [3.05, 3.63) is 77.9 Å². The van der Waals surface area contributed by atoms with Crippen molar-refractivity contribution in [1.29, 1.82) is 0 Å². The Morgan fingerprint density at radius 2 is 1.95 bits per heavy atom. The molecule has 2 aromatic carbocycles. The van der Waals surface area contributed by atoms with Crippen molar-refractivity contribution in [2.24, 2.45) is 10.8 Å². The minimum absolute atomic E-state index is 0.00787. The molecular weight excluding hydrogens is 492 g/mol. The van der Waals surface area contributed by atoms with Gasteiger partial charge in [-0.3, -0.25) is 10.2 Å². The first kappa shape index (κ1) is 27.8. The third-order valence-corrected chi connectivity index (χ3v) is 8.31. The molecule has 3 fully saturated rings. The van der Waals surface area contributed by atoms with Gasteiger partial charge in [0.15, 0.2) is 6.29 Å². The molecule has 7 heteroatoms. The second-order valence-corrected chi connectivity index (χ2v) is 12.6. The molecule has 1 aliphatic carbocycles. The average Bonchev–Trinajstić information content (AvgIpc) is 3.14. The fraction of sp³-hybridized carbons (Fsp3) is 0.531. The molecular formula is C32H42N2O5. The number of anilines is 1. The number of aliphatic hydroxyl groups excluding tert-OH is 1. The van der Waals surface area contributed by atoms with Gasteiger partial charge in [0.2, 0.25) is 0 Å². The zero-order valence-electron chi connectivity index (χ0n) is 23.4. The summed E-state index contributed by atoms with van der Waals surface area (Å²) in [7, 11) is 0. The van der Waals surface area contributed by atoms with Crippen LogP contribution in [-0.2, 0) is 20.8 Å². The van der Waals surface area contributed by atoms with Crippen LogP contribution in [0, 0.1) is 10.8 Å². The fourth-order valence-corrected chi connectivity index (χ4v) is 7.14. The third-order valence-electron chi connectivity index (χ3n) is 8.31. The molecule has 3 aliphatic rings. The Bertz CT molecular complexity index is 1170. The van der Waals surface area contributed by atoms with E-state index in [0.29, 0.717) is 22.6 Å². The summed E-state index contributed by atoms with van der Waals surface area (Å²) < 4.78 is 18.2. The summed E-state index contributed by atoms with van der Waals surface area (Å²) >= 11 is 0. The number of rotatable bonds is 8. The molecule has 0 aromatic heterocycles. The summed E-state index contributed by atoms with van der Waals surface area (Å²) in [6.07, 6.45) is 4.75. The van der Waals surface area contributed by atoms with E-state index in [0.717, 1.165) is 36.2 Å². The van der Waals surface area contributed by atoms with Crippen molar-refractivity contribution in [1.82, 2.24) is 4.90 Å². The molecule has 2 N–H and O–H groups in total. The van der Waals surface area contributed by atoms with Crippen molar-refractivity contribution < 1.29 is 24.1 Å². The van der Waals surface area contributed by atoms with Crippen LogP contribution >= 0.6 is 0 Å². The van der Waals surface area contributed by atoms with Gasteiger partial charge in [-0.25, -0.2) is 4.79 Å². The van der Waals surface area contributed by atoms with Crippen molar-refractivity contribution in [2.45, 2.75) is 77.6 Å². The molecule has 5 unspecified atom stereocenters. The number of carbonyl (C=O) groups excluding carboxylic acids is 1. The van der Waals surface area contributed by atoms with Crippen LogP contribution in [0.4, 0.5) is 10.5 Å². The molecule has 5 atom stereocenters. The predicted molar refractivity (Wildman–Crippen MR) is 151 cm³/mol. The molecule has 0 spiro atoms. The number of ether oxygens (including phenoxy) is 3. The van der Waals surface area contributed by atoms with Gasteiger partial charge < -0.3 is 19.3 Å². The monoisotopic (exact) mass is 534 g/mol. The Labute approximate surface area is 232 Å². The highest BCUT2D eigenvalue weighted by molar-refractivity contribution is 5.84. The molecule has 7 nitrogen and oxygen atoms in total. The number of hydrogen-bond donors (Lipinski definition) is 2. The molecule has 2 aliphatic heterocycles. The van der Waals surface area contributed by atoms with Gasteiger partial charge in [0, 0.05) is 36.8 Å². The summed E-state index contributed by atoms with van der Waals surface area (Å²) in [5, 5.41) is 12.3. The highest BCUT2D eigenvalue weighted by atomic mass is 16.7. The summed E-state index contributed by atoms with van der Waals surface area (Å²) in [5.41, 5.74) is 4.12. The Kier molecular flexibility index (Phi) is 8.15. The smallest absolute Gasteiger partial charge is 0.411 e. The average molecular weight is 535 g/mol. The molecule has 39 heavy (non-hydrogen) atoms. The Hall–Kier alpha value is -2.71. The first-order valence-corrected chi connectivity index (χ1v) is 14.0. The highest BCUT2D eigenvalue weighted by Gasteiger charge is 2.50. The van der Waals surface area contributed by atoms with Crippen LogP contribution in [0.25, 0.3) is 0 Å². The van der Waals surface area contributed by atoms with Crippen molar-refractivity contribution in [2.75, 3.05) is 25.0 Å². The lowest BCUT2D eigenvalue weighted by molar-refractivity contribution is -0.253. The maximum atomic E-state index is 12.1. The zero-order chi connectivity index (χ0) is 27.6. The van der Waals surface area contributed by atoms with Gasteiger partial charge >= 0.3 is 6.09 Å². The maximum Gasteiger partial charge on any atom is 0.411 e. The Morgan fingerprint density at radius 3 is 2.69 bits per heavy atom. The number of hydrogen-bond acceptors (Lipinski definition) is 6. The van der Waals surface area contributed by atoms with E-state index in [1.54, 1.807) is 0 Å². The standard InChI is InChI=1S/C32H42N2O5/c1-5-13-37-30(36)33-25-8-6-7-24(14-25)29-38-27(15-28(39-29)23-11-9-22(19-35)10-12-23)18-34-21-32(4)17-26(34)16-31(2,3)20-32/h5-12,14,26-29,35H,1,13,15-21H2,2-4H3,(H,33,36). The fourth-order valence-electron chi connectivity index (χ4n) is 7.14. The van der Waals surface area contributed by atoms with Gasteiger partial charge in [0.05, 0.1) is 18.8 Å². The SMILES string of the molecule is C=CCOC(=O)Nc1cccc(C2OC(CN3CC4(C)CC3CC(C)(C)C4)CC(c3ccc(CO)cc3)O2)c1. The minimum atomic E-state index is -0.578. The lowest BCUT2D eigenvalue weighted by Gasteiger charge is -2.41. The molecule has 2 heterocycles.